The van der Waals surface area contributed by atoms with Gasteiger partial charge in [0.1, 0.15) is 5.51 Å². The second-order valence-electron chi connectivity index (χ2n) is 4.45. The number of nitrogens with zero attached hydrogens (tertiary/aromatic N) is 4. The molecule has 4 rings (SSSR count). The van der Waals surface area contributed by atoms with Gasteiger partial charge in [-0.2, -0.15) is 5.10 Å². The van der Waals surface area contributed by atoms with Crippen molar-refractivity contribution in [3.05, 3.63) is 47.2 Å². The van der Waals surface area contributed by atoms with E-state index in [-0.39, 0.29) is 0 Å². The van der Waals surface area contributed by atoms with Crippen LogP contribution >= 0.6 is 11.3 Å². The van der Waals surface area contributed by atoms with Crippen molar-refractivity contribution in [2.45, 2.75) is 13.0 Å². The van der Waals surface area contributed by atoms with Crippen LogP contribution in [0.3, 0.4) is 0 Å². The highest BCUT2D eigenvalue weighted by molar-refractivity contribution is 7.14. The van der Waals surface area contributed by atoms with Crippen LogP contribution in [0.15, 0.2) is 35.8 Å². The zero-order valence-corrected chi connectivity index (χ0v) is 10.6. The van der Waals surface area contributed by atoms with Gasteiger partial charge in [-0.05, 0) is 12.1 Å². The third-order valence-electron chi connectivity index (χ3n) is 3.40. The fourth-order valence-corrected chi connectivity index (χ4v) is 3.15. The maximum atomic E-state index is 4.63. The Labute approximate surface area is 109 Å². The maximum absolute atomic E-state index is 4.63. The normalized spacial score (nSPS) is 15.0. The minimum atomic E-state index is 0.893. The molecule has 18 heavy (non-hydrogen) atoms. The van der Waals surface area contributed by atoms with Crippen LogP contribution in [0, 0.1) is 0 Å². The molecule has 0 atom stereocenters. The molecule has 1 aromatic carbocycles. The number of fused-ring (bicyclic) bond motifs is 3. The Bertz CT molecular complexity index is 685. The molecule has 5 heteroatoms. The molecular weight excluding hydrogens is 244 g/mol. The van der Waals surface area contributed by atoms with Gasteiger partial charge in [-0.25, -0.2) is 9.50 Å². The monoisotopic (exact) mass is 256 g/mol. The molecule has 0 bridgehead atoms. The third kappa shape index (κ3) is 1.44. The number of hydrogen-bond acceptors (Lipinski definition) is 4. The average Bonchev–Trinajstić information content (AvgIpc) is 2.99. The van der Waals surface area contributed by atoms with E-state index in [0.717, 1.165) is 24.5 Å². The smallest absolute Gasteiger partial charge is 0.212 e. The van der Waals surface area contributed by atoms with Gasteiger partial charge in [0.25, 0.3) is 0 Å². The van der Waals surface area contributed by atoms with Gasteiger partial charge in [-0.15, -0.1) is 0 Å². The summed E-state index contributed by atoms with van der Waals surface area (Å²) in [6.45, 7) is 1.92. The standard InChI is InChI=1S/C13H12N4S/c1-2-4-10(5-3-1)16-7-6-11-12(8-16)17-13(15-11)18-9-14-17/h1-5,9H,6-8H2. The zero-order chi connectivity index (χ0) is 11.9. The van der Waals surface area contributed by atoms with Crippen LogP contribution in [0.1, 0.15) is 11.4 Å². The quantitative estimate of drug-likeness (QED) is 0.670. The van der Waals surface area contributed by atoms with E-state index in [2.05, 4.69) is 45.3 Å². The molecule has 3 aromatic rings. The average molecular weight is 256 g/mol. The summed E-state index contributed by atoms with van der Waals surface area (Å²) in [5, 5.41) is 4.37. The van der Waals surface area contributed by atoms with Gasteiger partial charge >= 0.3 is 0 Å². The molecule has 1 aliphatic heterocycles. The number of hydrogen-bond donors (Lipinski definition) is 0. The van der Waals surface area contributed by atoms with Crippen molar-refractivity contribution in [2.75, 3.05) is 11.4 Å². The molecule has 0 saturated carbocycles. The fourth-order valence-electron chi connectivity index (χ4n) is 2.50. The number of para-hydroxylation sites is 1. The van der Waals surface area contributed by atoms with Gasteiger partial charge in [0.2, 0.25) is 4.96 Å². The van der Waals surface area contributed by atoms with Crippen molar-refractivity contribution in [3.63, 3.8) is 0 Å². The molecule has 0 unspecified atom stereocenters. The van der Waals surface area contributed by atoms with Crippen LogP contribution in [0.5, 0.6) is 0 Å². The van der Waals surface area contributed by atoms with Crippen LogP contribution in [-0.4, -0.2) is 21.1 Å². The minimum Gasteiger partial charge on any atom is -0.365 e. The third-order valence-corrected chi connectivity index (χ3v) is 4.08. The van der Waals surface area contributed by atoms with Gasteiger partial charge in [-0.1, -0.05) is 29.5 Å². The Morgan fingerprint density at radius 2 is 2.06 bits per heavy atom. The second kappa shape index (κ2) is 3.81. The molecular formula is C13H12N4S. The first-order chi connectivity index (χ1) is 8.92. The molecule has 0 aliphatic carbocycles. The molecule has 0 N–H and O–H groups in total. The van der Waals surface area contributed by atoms with Crippen molar-refractivity contribution in [1.82, 2.24) is 14.6 Å². The summed E-state index contributed by atoms with van der Waals surface area (Å²) in [5.74, 6) is 0. The number of imidazole rings is 1. The predicted molar refractivity (Wildman–Crippen MR) is 72.1 cm³/mol. The van der Waals surface area contributed by atoms with Gasteiger partial charge in [0.05, 0.1) is 17.9 Å². The molecule has 0 radical (unpaired) electrons. The molecule has 4 nitrogen and oxygen atoms in total. The number of rotatable bonds is 1. The summed E-state index contributed by atoms with van der Waals surface area (Å²) in [4.78, 5) is 8.03. The van der Waals surface area contributed by atoms with Crippen molar-refractivity contribution in [2.24, 2.45) is 0 Å². The van der Waals surface area contributed by atoms with Crippen LogP contribution in [-0.2, 0) is 13.0 Å². The van der Waals surface area contributed by atoms with Gasteiger partial charge in [0.15, 0.2) is 0 Å². The molecule has 1 aliphatic rings. The lowest BCUT2D eigenvalue weighted by Gasteiger charge is -2.28. The number of benzene rings is 1. The SMILES string of the molecule is c1ccc(N2CCc3nc4scnn4c3C2)cc1. The van der Waals surface area contributed by atoms with E-state index in [0.29, 0.717) is 0 Å². The van der Waals surface area contributed by atoms with Gasteiger partial charge < -0.3 is 4.90 Å². The lowest BCUT2D eigenvalue weighted by Crippen LogP contribution is -2.31. The Kier molecular flexibility index (Phi) is 2.14. The predicted octanol–water partition coefficient (Wildman–Crippen LogP) is 2.35. The van der Waals surface area contributed by atoms with Gasteiger partial charge in [0, 0.05) is 18.7 Å². The molecule has 0 spiro atoms. The maximum Gasteiger partial charge on any atom is 0.212 e. The first kappa shape index (κ1) is 10.1. The Hall–Kier alpha value is -1.88. The summed E-state index contributed by atoms with van der Waals surface area (Å²) < 4.78 is 1.98. The fraction of sp³-hybridized carbons (Fsp3) is 0.231. The van der Waals surface area contributed by atoms with E-state index in [1.54, 1.807) is 11.3 Å². The van der Waals surface area contributed by atoms with E-state index >= 15 is 0 Å². The highest BCUT2D eigenvalue weighted by Gasteiger charge is 2.22. The van der Waals surface area contributed by atoms with Crippen LogP contribution < -0.4 is 4.90 Å². The molecule has 0 amide bonds. The van der Waals surface area contributed by atoms with E-state index in [9.17, 15) is 0 Å². The number of anilines is 1. The minimum absolute atomic E-state index is 0.893. The van der Waals surface area contributed by atoms with Crippen molar-refractivity contribution < 1.29 is 0 Å². The van der Waals surface area contributed by atoms with E-state index in [1.165, 1.54) is 17.1 Å². The highest BCUT2D eigenvalue weighted by Crippen LogP contribution is 2.25. The van der Waals surface area contributed by atoms with E-state index < -0.39 is 0 Å². The largest absolute Gasteiger partial charge is 0.365 e. The van der Waals surface area contributed by atoms with Crippen LogP contribution in [0.2, 0.25) is 0 Å². The summed E-state index contributed by atoms with van der Waals surface area (Å²) in [6.07, 6.45) is 1.00. The first-order valence-corrected chi connectivity index (χ1v) is 6.90. The molecule has 0 saturated heterocycles. The summed E-state index contributed by atoms with van der Waals surface area (Å²) in [6, 6.07) is 10.5. The molecule has 2 aromatic heterocycles. The van der Waals surface area contributed by atoms with Crippen molar-refractivity contribution in [1.29, 1.82) is 0 Å². The lowest BCUT2D eigenvalue weighted by atomic mass is 10.1. The summed E-state index contributed by atoms with van der Waals surface area (Å²) in [5.41, 5.74) is 5.57. The first-order valence-electron chi connectivity index (χ1n) is 6.02. The number of aromatic nitrogens is 3. The summed E-state index contributed by atoms with van der Waals surface area (Å²) >= 11 is 1.60. The van der Waals surface area contributed by atoms with E-state index in [4.69, 9.17) is 0 Å². The van der Waals surface area contributed by atoms with Crippen LogP contribution in [0.4, 0.5) is 5.69 Å². The Balaban J connectivity index is 1.75. The molecule has 3 heterocycles. The molecule has 90 valence electrons. The molecule has 0 fully saturated rings. The Morgan fingerprint density at radius 3 is 2.94 bits per heavy atom. The lowest BCUT2D eigenvalue weighted by molar-refractivity contribution is 0.688. The topological polar surface area (TPSA) is 33.4 Å². The van der Waals surface area contributed by atoms with Crippen LogP contribution in [0.25, 0.3) is 4.96 Å². The van der Waals surface area contributed by atoms with Crippen molar-refractivity contribution in [3.8, 4) is 0 Å². The van der Waals surface area contributed by atoms with E-state index in [1.807, 2.05) is 10.0 Å². The van der Waals surface area contributed by atoms with Crippen molar-refractivity contribution >= 4 is 22.0 Å². The summed E-state index contributed by atoms with van der Waals surface area (Å²) in [7, 11) is 0. The highest BCUT2D eigenvalue weighted by atomic mass is 32.1. The zero-order valence-electron chi connectivity index (χ0n) is 9.78. The van der Waals surface area contributed by atoms with Gasteiger partial charge in [-0.3, -0.25) is 0 Å². The Morgan fingerprint density at radius 1 is 1.17 bits per heavy atom. The second-order valence-corrected chi connectivity index (χ2v) is 5.26.